The Morgan fingerprint density at radius 3 is 2.72 bits per heavy atom. The Labute approximate surface area is 148 Å². The number of methoxy groups -OCH3 is 1. The van der Waals surface area contributed by atoms with Gasteiger partial charge in [0.05, 0.1) is 24.3 Å². The third kappa shape index (κ3) is 2.87. The highest BCUT2D eigenvalue weighted by molar-refractivity contribution is 7.99. The van der Waals surface area contributed by atoms with Gasteiger partial charge in [-0.25, -0.2) is 10.2 Å². The molecule has 0 saturated carbocycles. The van der Waals surface area contributed by atoms with Crippen LogP contribution in [-0.2, 0) is 4.79 Å². The Kier molecular flexibility index (Phi) is 3.93. The summed E-state index contributed by atoms with van der Waals surface area (Å²) in [6, 6.07) is 12.1. The van der Waals surface area contributed by atoms with E-state index in [1.54, 1.807) is 55.3 Å². The molecule has 0 aromatic heterocycles. The second kappa shape index (κ2) is 6.25. The number of ether oxygens (including phenoxy) is 2. The second-order valence-corrected chi connectivity index (χ2v) is 6.67. The Balaban J connectivity index is 1.58. The smallest absolute Gasteiger partial charge is 0.343 e. The topological polar surface area (TPSA) is 77.0 Å². The minimum atomic E-state index is -0.454. The van der Waals surface area contributed by atoms with Crippen LogP contribution in [0.15, 0.2) is 52.5 Å². The maximum absolute atomic E-state index is 12.3. The fourth-order valence-electron chi connectivity index (χ4n) is 2.76. The lowest BCUT2D eigenvalue weighted by molar-refractivity contribution is -0.121. The Morgan fingerprint density at radius 1 is 1.20 bits per heavy atom. The number of nitrogens with zero attached hydrogens (tertiary/aromatic N) is 1. The standard InChI is InChI=1S/C18H14N2O4S/c1-23-11-4-2-10(3-5-11)18(22)24-12-6-7-15-13(8-12)16-14(9-25-15)17(21)20-19-16/h2-8,14H,9H2,1H3,(H,20,21). The molecular weight excluding hydrogens is 340 g/mol. The summed E-state index contributed by atoms with van der Waals surface area (Å²) in [5, 5.41) is 4.13. The molecule has 126 valence electrons. The third-order valence-electron chi connectivity index (χ3n) is 4.10. The van der Waals surface area contributed by atoms with Crippen LogP contribution in [0.4, 0.5) is 0 Å². The number of esters is 1. The molecule has 1 N–H and O–H groups in total. The van der Waals surface area contributed by atoms with E-state index in [0.29, 0.717) is 28.5 Å². The first-order chi connectivity index (χ1) is 12.2. The zero-order valence-electron chi connectivity index (χ0n) is 13.3. The molecule has 7 heteroatoms. The van der Waals surface area contributed by atoms with Gasteiger partial charge in [0.15, 0.2) is 0 Å². The van der Waals surface area contributed by atoms with Crippen molar-refractivity contribution < 1.29 is 19.1 Å². The van der Waals surface area contributed by atoms with Crippen LogP contribution in [0, 0.1) is 5.92 Å². The van der Waals surface area contributed by atoms with Crippen molar-refractivity contribution in [3.8, 4) is 11.5 Å². The summed E-state index contributed by atoms with van der Waals surface area (Å²) in [7, 11) is 1.57. The molecule has 0 aliphatic carbocycles. The van der Waals surface area contributed by atoms with Crippen molar-refractivity contribution in [2.45, 2.75) is 4.90 Å². The summed E-state index contributed by atoms with van der Waals surface area (Å²) in [5.74, 6) is 0.972. The van der Waals surface area contributed by atoms with E-state index in [1.165, 1.54) is 0 Å². The highest BCUT2D eigenvalue weighted by Crippen LogP contribution is 2.37. The lowest BCUT2D eigenvalue weighted by Gasteiger charge is -2.20. The van der Waals surface area contributed by atoms with Gasteiger partial charge in [0.1, 0.15) is 11.5 Å². The molecule has 1 amide bonds. The van der Waals surface area contributed by atoms with Crippen molar-refractivity contribution in [3.63, 3.8) is 0 Å². The van der Waals surface area contributed by atoms with E-state index in [1.807, 2.05) is 6.07 Å². The molecule has 2 aromatic rings. The zero-order chi connectivity index (χ0) is 17.4. The van der Waals surface area contributed by atoms with Gasteiger partial charge >= 0.3 is 5.97 Å². The first kappa shape index (κ1) is 15.7. The molecule has 2 aliphatic heterocycles. The van der Waals surface area contributed by atoms with E-state index >= 15 is 0 Å². The van der Waals surface area contributed by atoms with Crippen LogP contribution in [0.25, 0.3) is 0 Å². The molecule has 0 spiro atoms. The van der Waals surface area contributed by atoms with Crippen molar-refractivity contribution in [2.24, 2.45) is 11.0 Å². The summed E-state index contributed by atoms with van der Waals surface area (Å²) in [4.78, 5) is 25.1. The van der Waals surface area contributed by atoms with Crippen molar-refractivity contribution in [3.05, 3.63) is 53.6 Å². The average molecular weight is 354 g/mol. The van der Waals surface area contributed by atoms with Gasteiger partial charge in [0.2, 0.25) is 5.91 Å². The summed E-state index contributed by atoms with van der Waals surface area (Å²) >= 11 is 1.60. The lowest BCUT2D eigenvalue weighted by Crippen LogP contribution is -2.28. The van der Waals surface area contributed by atoms with Crippen LogP contribution in [0.1, 0.15) is 15.9 Å². The van der Waals surface area contributed by atoms with Crippen molar-refractivity contribution in [2.75, 3.05) is 12.9 Å². The van der Waals surface area contributed by atoms with Crippen LogP contribution < -0.4 is 14.9 Å². The van der Waals surface area contributed by atoms with Crippen molar-refractivity contribution in [1.82, 2.24) is 5.43 Å². The molecule has 0 bridgehead atoms. The van der Waals surface area contributed by atoms with Crippen LogP contribution in [-0.4, -0.2) is 30.5 Å². The first-order valence-corrected chi connectivity index (χ1v) is 8.65. The van der Waals surface area contributed by atoms with E-state index in [2.05, 4.69) is 10.5 Å². The van der Waals surface area contributed by atoms with Crippen LogP contribution in [0.5, 0.6) is 11.5 Å². The van der Waals surface area contributed by atoms with E-state index in [0.717, 1.165) is 10.5 Å². The normalized spacial score (nSPS) is 17.9. The molecule has 4 rings (SSSR count). The van der Waals surface area contributed by atoms with Crippen molar-refractivity contribution >= 4 is 29.4 Å². The SMILES string of the molecule is COc1ccc(C(=O)Oc2ccc3c(c2)C2=NNC(=O)C2CS3)cc1. The summed E-state index contributed by atoms with van der Waals surface area (Å²) < 4.78 is 10.5. The van der Waals surface area contributed by atoms with Crippen molar-refractivity contribution in [1.29, 1.82) is 0 Å². The Hall–Kier alpha value is -2.80. The van der Waals surface area contributed by atoms with E-state index < -0.39 is 5.97 Å². The zero-order valence-corrected chi connectivity index (χ0v) is 14.1. The lowest BCUT2D eigenvalue weighted by atomic mass is 9.98. The molecule has 1 atom stereocenters. The Bertz CT molecular complexity index is 892. The number of amides is 1. The number of fused-ring (bicyclic) bond motifs is 3. The maximum atomic E-state index is 12.3. The molecule has 25 heavy (non-hydrogen) atoms. The Morgan fingerprint density at radius 2 is 1.96 bits per heavy atom. The molecule has 2 heterocycles. The number of carbonyl (C=O) groups excluding carboxylic acids is 2. The quantitative estimate of drug-likeness (QED) is 0.677. The van der Waals surface area contributed by atoms with Gasteiger partial charge < -0.3 is 9.47 Å². The highest BCUT2D eigenvalue weighted by atomic mass is 32.2. The number of thioether (sulfide) groups is 1. The van der Waals surface area contributed by atoms with Crippen LogP contribution in [0.3, 0.4) is 0 Å². The average Bonchev–Trinajstić information content (AvgIpc) is 3.03. The molecule has 2 aromatic carbocycles. The van der Waals surface area contributed by atoms with E-state index in [-0.39, 0.29) is 11.8 Å². The van der Waals surface area contributed by atoms with Gasteiger partial charge in [-0.05, 0) is 42.5 Å². The maximum Gasteiger partial charge on any atom is 0.343 e. The molecule has 2 aliphatic rings. The van der Waals surface area contributed by atoms with Gasteiger partial charge in [-0.15, -0.1) is 11.8 Å². The van der Waals surface area contributed by atoms with Gasteiger partial charge in [-0.2, -0.15) is 5.10 Å². The number of hydrogen-bond donors (Lipinski definition) is 1. The molecular formula is C18H14N2O4S. The number of benzene rings is 2. The number of rotatable bonds is 3. The summed E-state index contributed by atoms with van der Waals surface area (Å²) in [5.41, 5.74) is 4.49. The van der Waals surface area contributed by atoms with Gasteiger partial charge in [0, 0.05) is 16.2 Å². The van der Waals surface area contributed by atoms with E-state index in [9.17, 15) is 9.59 Å². The molecule has 6 nitrogen and oxygen atoms in total. The van der Waals surface area contributed by atoms with E-state index in [4.69, 9.17) is 9.47 Å². The fourth-order valence-corrected chi connectivity index (χ4v) is 3.90. The number of hydrazone groups is 1. The molecule has 0 radical (unpaired) electrons. The molecule has 0 saturated heterocycles. The minimum absolute atomic E-state index is 0.0891. The minimum Gasteiger partial charge on any atom is -0.497 e. The monoisotopic (exact) mass is 354 g/mol. The van der Waals surface area contributed by atoms with Gasteiger partial charge in [-0.1, -0.05) is 0 Å². The summed E-state index contributed by atoms with van der Waals surface area (Å²) in [6.45, 7) is 0. The first-order valence-electron chi connectivity index (χ1n) is 7.66. The fraction of sp³-hybridized carbons (Fsp3) is 0.167. The van der Waals surface area contributed by atoms with Crippen LogP contribution in [0.2, 0.25) is 0 Å². The number of hydrogen-bond acceptors (Lipinski definition) is 6. The molecule has 1 unspecified atom stereocenters. The second-order valence-electron chi connectivity index (χ2n) is 5.61. The largest absolute Gasteiger partial charge is 0.497 e. The number of nitrogens with one attached hydrogen (secondary N) is 1. The predicted molar refractivity (Wildman–Crippen MR) is 93.3 cm³/mol. The van der Waals surface area contributed by atoms with Gasteiger partial charge in [-0.3, -0.25) is 4.79 Å². The number of carbonyl (C=O) groups is 2. The van der Waals surface area contributed by atoms with Crippen LogP contribution >= 0.6 is 11.8 Å². The molecule has 0 fully saturated rings. The van der Waals surface area contributed by atoms with Gasteiger partial charge in [0.25, 0.3) is 0 Å². The summed E-state index contributed by atoms with van der Waals surface area (Å²) in [6.07, 6.45) is 0. The third-order valence-corrected chi connectivity index (χ3v) is 5.27. The highest BCUT2D eigenvalue weighted by Gasteiger charge is 2.36. The predicted octanol–water partition coefficient (Wildman–Crippen LogP) is 2.47.